The first-order valence-corrected chi connectivity index (χ1v) is 16.7. The number of thiophene rings is 1. The number of hydrogen-bond donors (Lipinski definition) is 2. The van der Waals surface area contributed by atoms with Crippen molar-refractivity contribution in [3.63, 3.8) is 0 Å². The van der Waals surface area contributed by atoms with E-state index in [1.807, 2.05) is 18.2 Å². The number of fused-ring (bicyclic) bond motifs is 1. The molecule has 3 aromatic rings. The highest BCUT2D eigenvalue weighted by Gasteiger charge is 2.50. The number of carbonyl (C=O) groups is 2. The minimum absolute atomic E-state index is 0.00524. The van der Waals surface area contributed by atoms with Gasteiger partial charge in [-0.1, -0.05) is 18.2 Å². The summed E-state index contributed by atoms with van der Waals surface area (Å²) in [7, 11) is -1.80. The Kier molecular flexibility index (Phi) is 8.79. The summed E-state index contributed by atoms with van der Waals surface area (Å²) in [5.74, 6) is -1.09. The molecule has 2 aliphatic heterocycles. The number of carboxylic acids is 1. The zero-order chi connectivity index (χ0) is 32.0. The number of methoxy groups -OCH3 is 1. The molecule has 1 saturated heterocycles. The van der Waals surface area contributed by atoms with Crippen molar-refractivity contribution in [1.82, 2.24) is 14.2 Å². The lowest BCUT2D eigenvalue weighted by molar-refractivity contribution is -0.154. The number of carboxylic acid groups (broad SMARTS) is 1. The van der Waals surface area contributed by atoms with E-state index >= 15 is 0 Å². The number of aliphatic hydroxyl groups excluding tert-OH is 1. The van der Waals surface area contributed by atoms with Gasteiger partial charge in [0.15, 0.2) is 0 Å². The van der Waals surface area contributed by atoms with Crippen LogP contribution >= 0.6 is 11.3 Å². The van der Waals surface area contributed by atoms with Crippen LogP contribution in [0.5, 0.6) is 5.75 Å². The first-order chi connectivity index (χ1) is 20.8. The van der Waals surface area contributed by atoms with Gasteiger partial charge in [-0.15, -0.1) is 11.3 Å². The van der Waals surface area contributed by atoms with Gasteiger partial charge in [0.1, 0.15) is 28.7 Å². The lowest BCUT2D eigenvalue weighted by atomic mass is 9.98. The van der Waals surface area contributed by atoms with Crippen LogP contribution in [0.3, 0.4) is 0 Å². The van der Waals surface area contributed by atoms with Crippen LogP contribution in [0, 0.1) is 6.92 Å². The van der Waals surface area contributed by atoms with Crippen molar-refractivity contribution in [3.8, 4) is 16.5 Å². The molecule has 2 atom stereocenters. The molecule has 2 unspecified atom stereocenters. The van der Waals surface area contributed by atoms with E-state index in [9.17, 15) is 28.2 Å². The van der Waals surface area contributed by atoms with Gasteiger partial charge in [0.25, 0.3) is 5.91 Å². The van der Waals surface area contributed by atoms with Crippen molar-refractivity contribution < 1.29 is 42.1 Å². The van der Waals surface area contributed by atoms with E-state index in [0.29, 0.717) is 58.6 Å². The normalized spacial score (nSPS) is 19.2. The number of carbonyl (C=O) groups excluding carboxylic acids is 1. The highest BCUT2D eigenvalue weighted by atomic mass is 32.2. The van der Waals surface area contributed by atoms with Crippen molar-refractivity contribution in [2.24, 2.45) is 0 Å². The van der Waals surface area contributed by atoms with Gasteiger partial charge in [-0.25, -0.2) is 22.5 Å². The number of aromatic nitrogens is 1. The minimum Gasteiger partial charge on any atom is -0.496 e. The van der Waals surface area contributed by atoms with Gasteiger partial charge in [0, 0.05) is 18.7 Å². The SMILES string of the molecule is COc1ccccc1C(CN1c2sc(-c3ncco3)c(C)c2C(=O)N(C(C)(C)C(=O)O)C1O)OC1CCN(S(C)(=O)=O)CC1. The quantitative estimate of drug-likeness (QED) is 0.332. The van der Waals surface area contributed by atoms with Gasteiger partial charge < -0.3 is 29.0 Å². The number of aliphatic hydroxyl groups is 1. The van der Waals surface area contributed by atoms with Crippen molar-refractivity contribution in [2.75, 3.05) is 37.9 Å². The highest BCUT2D eigenvalue weighted by Crippen LogP contribution is 2.47. The number of para-hydroxylation sites is 1. The Labute approximate surface area is 259 Å². The molecule has 2 N–H and O–H groups in total. The molecule has 1 fully saturated rings. The lowest BCUT2D eigenvalue weighted by Gasteiger charge is -2.47. The molecule has 0 aliphatic carbocycles. The van der Waals surface area contributed by atoms with Crippen LogP contribution in [0.2, 0.25) is 0 Å². The van der Waals surface area contributed by atoms with Crippen LogP contribution < -0.4 is 9.64 Å². The second kappa shape index (κ2) is 12.1. The molecular weight excluding hydrogens is 612 g/mol. The average Bonchev–Trinajstić information content (AvgIpc) is 3.62. The summed E-state index contributed by atoms with van der Waals surface area (Å²) < 4.78 is 43.4. The number of hydrogen-bond acceptors (Lipinski definition) is 11. The summed E-state index contributed by atoms with van der Waals surface area (Å²) in [5.41, 5.74) is -0.314. The predicted octanol–water partition coefficient (Wildman–Crippen LogP) is 3.30. The summed E-state index contributed by atoms with van der Waals surface area (Å²) in [5, 5.41) is 22.3. The molecule has 4 heterocycles. The van der Waals surface area contributed by atoms with Crippen molar-refractivity contribution >= 4 is 38.2 Å². The third kappa shape index (κ3) is 5.81. The second-order valence-electron chi connectivity index (χ2n) is 11.3. The summed E-state index contributed by atoms with van der Waals surface area (Å²) in [6, 6.07) is 7.28. The van der Waals surface area contributed by atoms with Gasteiger partial charge in [0.05, 0.1) is 42.7 Å². The zero-order valence-electron chi connectivity index (χ0n) is 25.1. The molecule has 238 valence electrons. The fourth-order valence-corrected chi connectivity index (χ4v) is 7.78. The Bertz CT molecular complexity index is 1630. The second-order valence-corrected chi connectivity index (χ2v) is 14.3. The molecule has 0 spiro atoms. The summed E-state index contributed by atoms with van der Waals surface area (Å²) in [6.07, 6.45) is 2.30. The number of benzene rings is 1. The van der Waals surface area contributed by atoms with Crippen LogP contribution in [-0.2, 0) is 19.6 Å². The molecule has 5 rings (SSSR count). The number of piperidine rings is 1. The minimum atomic E-state index is -3.34. The number of aliphatic carboxylic acids is 1. The Morgan fingerprint density at radius 2 is 1.93 bits per heavy atom. The fraction of sp³-hybridized carbons (Fsp3) is 0.483. The van der Waals surface area contributed by atoms with E-state index in [-0.39, 0.29) is 18.2 Å². The Morgan fingerprint density at radius 1 is 1.25 bits per heavy atom. The molecule has 2 aromatic heterocycles. The number of oxazole rings is 1. The molecule has 44 heavy (non-hydrogen) atoms. The molecule has 1 amide bonds. The first kappa shape index (κ1) is 31.9. The van der Waals surface area contributed by atoms with E-state index in [4.69, 9.17) is 13.9 Å². The van der Waals surface area contributed by atoms with Gasteiger partial charge in [0.2, 0.25) is 22.3 Å². The van der Waals surface area contributed by atoms with Gasteiger partial charge in [-0.3, -0.25) is 9.69 Å². The topological polar surface area (TPSA) is 163 Å². The van der Waals surface area contributed by atoms with Crippen LogP contribution in [0.25, 0.3) is 10.8 Å². The van der Waals surface area contributed by atoms with E-state index in [1.165, 1.54) is 55.3 Å². The number of ether oxygens (including phenoxy) is 2. The van der Waals surface area contributed by atoms with Crippen LogP contribution in [0.4, 0.5) is 5.00 Å². The number of nitrogens with zero attached hydrogens (tertiary/aromatic N) is 4. The Hall–Kier alpha value is -3.50. The number of amides is 1. The molecule has 15 heteroatoms. The van der Waals surface area contributed by atoms with Crippen LogP contribution in [0.1, 0.15) is 54.3 Å². The van der Waals surface area contributed by atoms with E-state index in [0.717, 1.165) is 4.90 Å². The molecule has 0 bridgehead atoms. The Morgan fingerprint density at radius 3 is 2.52 bits per heavy atom. The van der Waals surface area contributed by atoms with E-state index < -0.39 is 39.9 Å². The Balaban J connectivity index is 1.58. The van der Waals surface area contributed by atoms with Gasteiger partial charge in [-0.2, -0.15) is 0 Å². The third-order valence-corrected chi connectivity index (χ3v) is 10.8. The monoisotopic (exact) mass is 648 g/mol. The fourth-order valence-electron chi connectivity index (χ4n) is 5.64. The van der Waals surface area contributed by atoms with Crippen molar-refractivity contribution in [3.05, 3.63) is 53.4 Å². The maximum Gasteiger partial charge on any atom is 0.329 e. The number of rotatable bonds is 10. The number of anilines is 1. The summed E-state index contributed by atoms with van der Waals surface area (Å²) in [4.78, 5) is 33.6. The van der Waals surface area contributed by atoms with E-state index in [2.05, 4.69) is 4.98 Å². The molecule has 2 aliphatic rings. The molecule has 0 saturated carbocycles. The lowest BCUT2D eigenvalue weighted by Crippen LogP contribution is -2.65. The highest BCUT2D eigenvalue weighted by molar-refractivity contribution is 7.88. The maximum absolute atomic E-state index is 13.9. The maximum atomic E-state index is 13.9. The molecule has 0 radical (unpaired) electrons. The number of sulfonamides is 1. The van der Waals surface area contributed by atoms with Crippen molar-refractivity contribution in [2.45, 2.75) is 57.7 Å². The third-order valence-electron chi connectivity index (χ3n) is 8.16. The zero-order valence-corrected chi connectivity index (χ0v) is 26.7. The first-order valence-electron chi connectivity index (χ1n) is 14.0. The van der Waals surface area contributed by atoms with Crippen LogP contribution in [0.15, 0.2) is 41.1 Å². The summed E-state index contributed by atoms with van der Waals surface area (Å²) in [6.45, 7) is 5.07. The summed E-state index contributed by atoms with van der Waals surface area (Å²) >= 11 is 1.21. The van der Waals surface area contributed by atoms with Crippen molar-refractivity contribution in [1.29, 1.82) is 0 Å². The average molecular weight is 649 g/mol. The van der Waals surface area contributed by atoms with E-state index in [1.54, 1.807) is 17.9 Å². The predicted molar refractivity (Wildman–Crippen MR) is 162 cm³/mol. The standard InChI is InChI=1S/C29H36N4O9S2/c1-17-22-25(34)33(29(2,3)27(35)36)28(37)32(26(22)43-23(17)24-30-12-15-41-24)16-21(19-8-6-7-9-20(19)40-4)42-18-10-13-31(14-11-18)44(5,38)39/h6-9,12,15,18,21,28,37H,10-11,13-14,16H2,1-5H3,(H,35,36). The van der Waals surface area contributed by atoms with Gasteiger partial charge in [-0.05, 0) is 45.2 Å². The molecule has 13 nitrogen and oxygen atoms in total. The largest absolute Gasteiger partial charge is 0.496 e. The smallest absolute Gasteiger partial charge is 0.329 e. The molecule has 1 aromatic carbocycles. The molecular formula is C29H36N4O9S2. The van der Waals surface area contributed by atoms with Gasteiger partial charge >= 0.3 is 5.97 Å². The van der Waals surface area contributed by atoms with Crippen LogP contribution in [-0.4, -0.2) is 95.7 Å².